The summed E-state index contributed by atoms with van der Waals surface area (Å²) in [6, 6.07) is 10.0. The van der Waals surface area contributed by atoms with Gasteiger partial charge in [-0.2, -0.15) is 0 Å². The Morgan fingerprint density at radius 1 is 0.955 bits per heavy atom. The Bertz CT molecular complexity index is 673. The van der Waals surface area contributed by atoms with Crippen LogP contribution < -0.4 is 10.6 Å². The van der Waals surface area contributed by atoms with Crippen molar-refractivity contribution in [3.8, 4) is 0 Å². The van der Waals surface area contributed by atoms with E-state index in [0.717, 1.165) is 0 Å². The number of hydrogen-bond acceptors (Lipinski definition) is 7. The molecule has 2 aromatic rings. The molecular formula is C14H14N4O4. The van der Waals surface area contributed by atoms with Crippen molar-refractivity contribution in [1.82, 2.24) is 10.2 Å². The number of methoxy groups -OCH3 is 2. The van der Waals surface area contributed by atoms with Gasteiger partial charge in [-0.05, 0) is 24.3 Å². The van der Waals surface area contributed by atoms with Crippen LogP contribution in [0.5, 0.6) is 0 Å². The number of para-hydroxylation sites is 1. The van der Waals surface area contributed by atoms with Gasteiger partial charge in [0, 0.05) is 0 Å². The number of amides is 1. The molecule has 114 valence electrons. The number of hydrogen-bond donors (Lipinski definition) is 2. The van der Waals surface area contributed by atoms with Crippen LogP contribution in [0.15, 0.2) is 36.4 Å². The molecule has 1 heterocycles. The molecule has 0 saturated carbocycles. The summed E-state index contributed by atoms with van der Waals surface area (Å²) in [7, 11) is 2.56. The van der Waals surface area contributed by atoms with Crippen LogP contribution in [-0.4, -0.2) is 36.5 Å². The number of benzene rings is 1. The Balaban J connectivity index is 2.14. The molecule has 0 aliphatic rings. The fourth-order valence-electron chi connectivity index (χ4n) is 1.64. The summed E-state index contributed by atoms with van der Waals surface area (Å²) in [6.45, 7) is 0. The minimum Gasteiger partial charge on any atom is -0.465 e. The lowest BCUT2D eigenvalue weighted by atomic mass is 10.2. The molecule has 0 atom stereocenters. The van der Waals surface area contributed by atoms with E-state index in [-0.39, 0.29) is 5.82 Å². The Hall–Kier alpha value is -3.16. The number of nitrogens with zero attached hydrogens (tertiary/aromatic N) is 2. The van der Waals surface area contributed by atoms with Gasteiger partial charge in [0.05, 0.1) is 25.5 Å². The summed E-state index contributed by atoms with van der Waals surface area (Å²) in [5, 5.41) is 13.1. The highest BCUT2D eigenvalue weighted by atomic mass is 16.5. The molecular weight excluding hydrogens is 288 g/mol. The third kappa shape index (κ3) is 3.69. The van der Waals surface area contributed by atoms with Gasteiger partial charge in [0.1, 0.15) is 0 Å². The van der Waals surface area contributed by atoms with E-state index in [4.69, 9.17) is 4.74 Å². The van der Waals surface area contributed by atoms with Gasteiger partial charge < -0.3 is 14.8 Å². The van der Waals surface area contributed by atoms with Crippen LogP contribution in [0.1, 0.15) is 10.4 Å². The van der Waals surface area contributed by atoms with Gasteiger partial charge in [0.25, 0.3) is 0 Å². The lowest BCUT2D eigenvalue weighted by molar-refractivity contribution is 0.0602. The predicted molar refractivity (Wildman–Crippen MR) is 79.1 cm³/mol. The van der Waals surface area contributed by atoms with Crippen LogP contribution in [0.25, 0.3) is 0 Å². The number of carbonyl (C=O) groups is 2. The normalized spacial score (nSPS) is 9.73. The van der Waals surface area contributed by atoms with Crippen molar-refractivity contribution in [3.63, 3.8) is 0 Å². The average Bonchev–Trinajstić information content (AvgIpc) is 2.56. The third-order valence-corrected chi connectivity index (χ3v) is 2.68. The topological polar surface area (TPSA) is 102 Å². The van der Waals surface area contributed by atoms with E-state index >= 15 is 0 Å². The standard InChI is InChI=1S/C14H14N4O4/c1-21-13(19)9-5-3-4-6-10(9)15-11-7-8-12(18-17-11)16-14(20)22-2/h3-8H,1-2H3,(H,15,17)(H,16,18,20). The minimum absolute atomic E-state index is 0.249. The zero-order valence-electron chi connectivity index (χ0n) is 12.0. The zero-order chi connectivity index (χ0) is 15.9. The number of aromatic nitrogens is 2. The summed E-state index contributed by atoms with van der Waals surface area (Å²) >= 11 is 0. The van der Waals surface area contributed by atoms with E-state index in [1.165, 1.54) is 14.2 Å². The lowest BCUT2D eigenvalue weighted by Crippen LogP contribution is -2.12. The average molecular weight is 302 g/mol. The monoisotopic (exact) mass is 302 g/mol. The fourth-order valence-corrected chi connectivity index (χ4v) is 1.64. The van der Waals surface area contributed by atoms with E-state index in [2.05, 4.69) is 25.6 Å². The number of anilines is 3. The first-order valence-corrected chi connectivity index (χ1v) is 6.27. The Morgan fingerprint density at radius 3 is 2.27 bits per heavy atom. The Labute approximate surface area is 126 Å². The second kappa shape index (κ2) is 7.02. The molecule has 22 heavy (non-hydrogen) atoms. The van der Waals surface area contributed by atoms with E-state index < -0.39 is 12.1 Å². The largest absolute Gasteiger partial charge is 0.465 e. The summed E-state index contributed by atoms with van der Waals surface area (Å²) in [5.74, 6) is 0.199. The molecule has 1 amide bonds. The van der Waals surface area contributed by atoms with E-state index in [1.54, 1.807) is 36.4 Å². The van der Waals surface area contributed by atoms with Gasteiger partial charge in [-0.3, -0.25) is 5.32 Å². The second-order valence-corrected chi connectivity index (χ2v) is 4.08. The van der Waals surface area contributed by atoms with Gasteiger partial charge in [0.15, 0.2) is 11.6 Å². The molecule has 1 aromatic carbocycles. The molecule has 0 fully saturated rings. The molecule has 0 aliphatic carbocycles. The summed E-state index contributed by atoms with van der Waals surface area (Å²) < 4.78 is 9.16. The fraction of sp³-hybridized carbons (Fsp3) is 0.143. The van der Waals surface area contributed by atoms with Gasteiger partial charge in [0.2, 0.25) is 0 Å². The molecule has 2 rings (SSSR count). The van der Waals surface area contributed by atoms with Crippen LogP contribution in [0.3, 0.4) is 0 Å². The van der Waals surface area contributed by atoms with Crippen LogP contribution in [0.4, 0.5) is 22.1 Å². The first kappa shape index (κ1) is 15.2. The SMILES string of the molecule is COC(=O)Nc1ccc(Nc2ccccc2C(=O)OC)nn1. The van der Waals surface area contributed by atoms with Gasteiger partial charge >= 0.3 is 12.1 Å². The molecule has 0 radical (unpaired) electrons. The van der Waals surface area contributed by atoms with Crippen molar-refractivity contribution in [3.05, 3.63) is 42.0 Å². The van der Waals surface area contributed by atoms with E-state index in [9.17, 15) is 9.59 Å². The maximum Gasteiger partial charge on any atom is 0.412 e. The number of rotatable bonds is 4. The first-order chi connectivity index (χ1) is 10.6. The van der Waals surface area contributed by atoms with Gasteiger partial charge in [-0.25, -0.2) is 9.59 Å². The maximum absolute atomic E-state index is 11.7. The van der Waals surface area contributed by atoms with Crippen molar-refractivity contribution < 1.29 is 19.1 Å². The quantitative estimate of drug-likeness (QED) is 0.834. The molecule has 8 nitrogen and oxygen atoms in total. The van der Waals surface area contributed by atoms with E-state index in [1.807, 2.05) is 0 Å². The van der Waals surface area contributed by atoms with Crippen LogP contribution in [0, 0.1) is 0 Å². The first-order valence-electron chi connectivity index (χ1n) is 6.27. The molecule has 0 spiro atoms. The molecule has 0 bridgehead atoms. The number of esters is 1. The van der Waals surface area contributed by atoms with Crippen LogP contribution >= 0.6 is 0 Å². The molecule has 0 aliphatic heterocycles. The minimum atomic E-state index is -0.633. The van der Waals surface area contributed by atoms with Crippen molar-refractivity contribution in [2.45, 2.75) is 0 Å². The summed E-state index contributed by atoms with van der Waals surface area (Å²) in [4.78, 5) is 22.7. The van der Waals surface area contributed by atoms with Crippen molar-refractivity contribution in [2.24, 2.45) is 0 Å². The molecule has 8 heteroatoms. The number of ether oxygens (including phenoxy) is 2. The Morgan fingerprint density at radius 2 is 1.64 bits per heavy atom. The van der Waals surface area contributed by atoms with Crippen molar-refractivity contribution in [1.29, 1.82) is 0 Å². The zero-order valence-corrected chi connectivity index (χ0v) is 12.0. The highest BCUT2D eigenvalue weighted by Gasteiger charge is 2.11. The van der Waals surface area contributed by atoms with E-state index in [0.29, 0.717) is 17.1 Å². The molecule has 0 unspecified atom stereocenters. The van der Waals surface area contributed by atoms with Gasteiger partial charge in [-0.15, -0.1) is 10.2 Å². The summed E-state index contributed by atoms with van der Waals surface area (Å²) in [6.07, 6.45) is -0.633. The van der Waals surface area contributed by atoms with Crippen LogP contribution in [0.2, 0.25) is 0 Å². The highest BCUT2D eigenvalue weighted by Crippen LogP contribution is 2.20. The molecule has 2 N–H and O–H groups in total. The predicted octanol–water partition coefficient (Wildman–Crippen LogP) is 2.19. The number of nitrogens with one attached hydrogen (secondary N) is 2. The number of carbonyl (C=O) groups excluding carboxylic acids is 2. The van der Waals surface area contributed by atoms with Crippen LogP contribution in [-0.2, 0) is 9.47 Å². The lowest BCUT2D eigenvalue weighted by Gasteiger charge is -2.09. The van der Waals surface area contributed by atoms with Crippen molar-refractivity contribution >= 4 is 29.4 Å². The smallest absolute Gasteiger partial charge is 0.412 e. The van der Waals surface area contributed by atoms with Crippen molar-refractivity contribution in [2.75, 3.05) is 24.9 Å². The third-order valence-electron chi connectivity index (χ3n) is 2.68. The second-order valence-electron chi connectivity index (χ2n) is 4.08. The van der Waals surface area contributed by atoms with Gasteiger partial charge in [-0.1, -0.05) is 12.1 Å². The highest BCUT2D eigenvalue weighted by molar-refractivity contribution is 5.96. The molecule has 1 aromatic heterocycles. The molecule has 0 saturated heterocycles. The Kier molecular flexibility index (Phi) is 4.86. The summed E-state index contributed by atoms with van der Waals surface area (Å²) in [5.41, 5.74) is 0.917. The maximum atomic E-state index is 11.7.